The van der Waals surface area contributed by atoms with Crippen LogP contribution in [0.15, 0.2) is 41.0 Å². The highest BCUT2D eigenvalue weighted by atomic mass is 79.9. The summed E-state index contributed by atoms with van der Waals surface area (Å²) in [5, 5.41) is 4.41. The molecule has 3 rings (SSSR count). The molecule has 128 valence electrons. The summed E-state index contributed by atoms with van der Waals surface area (Å²) >= 11 is 3.45. The maximum Gasteiger partial charge on any atom is 0.247 e. The van der Waals surface area contributed by atoms with Gasteiger partial charge in [-0.1, -0.05) is 30.3 Å². The highest BCUT2D eigenvalue weighted by Gasteiger charge is 2.26. The third kappa shape index (κ3) is 3.87. The largest absolute Gasteiger partial charge is 0.338 e. The van der Waals surface area contributed by atoms with E-state index < -0.39 is 0 Å². The van der Waals surface area contributed by atoms with Crippen molar-refractivity contribution in [2.75, 3.05) is 26.2 Å². The number of aryl methyl sites for hydroxylation is 1. The Hall–Kier alpha value is -1.66. The van der Waals surface area contributed by atoms with Gasteiger partial charge in [0.05, 0.1) is 10.2 Å². The van der Waals surface area contributed by atoms with Crippen molar-refractivity contribution >= 4 is 21.8 Å². The monoisotopic (exact) mass is 390 g/mol. The molecule has 0 bridgehead atoms. The van der Waals surface area contributed by atoms with E-state index in [1.54, 1.807) is 4.68 Å². The lowest BCUT2D eigenvalue weighted by Gasteiger charge is -2.36. The second kappa shape index (κ2) is 7.49. The molecule has 0 radical (unpaired) electrons. The van der Waals surface area contributed by atoms with Crippen molar-refractivity contribution < 1.29 is 4.79 Å². The van der Waals surface area contributed by atoms with Crippen LogP contribution in [0.5, 0.6) is 0 Å². The fourth-order valence-corrected chi connectivity index (χ4v) is 3.29. The molecule has 6 heteroatoms. The summed E-state index contributed by atoms with van der Waals surface area (Å²) in [6.07, 6.45) is 1.88. The van der Waals surface area contributed by atoms with Gasteiger partial charge in [0.1, 0.15) is 6.04 Å². The molecule has 1 fully saturated rings. The highest BCUT2D eigenvalue weighted by Crippen LogP contribution is 2.19. The number of hydrogen-bond acceptors (Lipinski definition) is 3. The lowest BCUT2D eigenvalue weighted by atomic mass is 10.2. The van der Waals surface area contributed by atoms with Gasteiger partial charge in [-0.2, -0.15) is 5.10 Å². The first-order valence-electron chi connectivity index (χ1n) is 8.31. The van der Waals surface area contributed by atoms with E-state index in [9.17, 15) is 4.79 Å². The molecule has 0 spiro atoms. The zero-order chi connectivity index (χ0) is 17.1. The zero-order valence-corrected chi connectivity index (χ0v) is 15.7. The normalized spacial score (nSPS) is 17.0. The van der Waals surface area contributed by atoms with Crippen LogP contribution in [0.25, 0.3) is 0 Å². The van der Waals surface area contributed by atoms with Gasteiger partial charge >= 0.3 is 0 Å². The van der Waals surface area contributed by atoms with E-state index in [1.807, 2.05) is 31.0 Å². The molecule has 2 aromatic rings. The van der Waals surface area contributed by atoms with E-state index in [0.29, 0.717) is 0 Å². The van der Waals surface area contributed by atoms with Gasteiger partial charge in [0.15, 0.2) is 0 Å². The predicted octanol–water partition coefficient (Wildman–Crippen LogP) is 2.86. The Morgan fingerprint density at radius 2 is 1.88 bits per heavy atom. The van der Waals surface area contributed by atoms with Crippen molar-refractivity contribution in [1.82, 2.24) is 19.6 Å². The summed E-state index contributed by atoms with van der Waals surface area (Å²) in [4.78, 5) is 17.1. The smallest absolute Gasteiger partial charge is 0.247 e. The first kappa shape index (κ1) is 17.2. The van der Waals surface area contributed by atoms with Crippen LogP contribution in [-0.2, 0) is 11.3 Å². The topological polar surface area (TPSA) is 41.4 Å². The number of halogens is 1. The van der Waals surface area contributed by atoms with Crippen LogP contribution in [0.3, 0.4) is 0 Å². The minimum Gasteiger partial charge on any atom is -0.338 e. The summed E-state index contributed by atoms with van der Waals surface area (Å²) in [6, 6.07) is 10.2. The Bertz CT molecular complexity index is 673. The first-order valence-corrected chi connectivity index (χ1v) is 9.10. The third-order valence-corrected chi connectivity index (χ3v) is 5.32. The number of aromatic nitrogens is 2. The molecule has 1 amide bonds. The summed E-state index contributed by atoms with van der Waals surface area (Å²) in [6.45, 7) is 8.17. The molecule has 0 aliphatic carbocycles. The van der Waals surface area contributed by atoms with Crippen LogP contribution in [0.2, 0.25) is 0 Å². The maximum atomic E-state index is 12.7. The summed E-state index contributed by atoms with van der Waals surface area (Å²) < 4.78 is 2.69. The quantitative estimate of drug-likeness (QED) is 0.805. The van der Waals surface area contributed by atoms with Crippen molar-refractivity contribution in [1.29, 1.82) is 0 Å². The van der Waals surface area contributed by atoms with Crippen molar-refractivity contribution in [2.24, 2.45) is 0 Å². The fourth-order valence-electron chi connectivity index (χ4n) is 3.00. The molecule has 1 aromatic carbocycles. The Balaban J connectivity index is 1.55. The molecule has 5 nitrogen and oxygen atoms in total. The Morgan fingerprint density at radius 1 is 1.21 bits per heavy atom. The van der Waals surface area contributed by atoms with E-state index in [2.05, 4.69) is 50.2 Å². The van der Waals surface area contributed by atoms with E-state index in [4.69, 9.17) is 0 Å². The molecular weight excluding hydrogens is 368 g/mol. The molecule has 1 unspecified atom stereocenters. The minimum atomic E-state index is -0.268. The average Bonchev–Trinajstić information content (AvgIpc) is 2.94. The van der Waals surface area contributed by atoms with Gasteiger partial charge in [0.25, 0.3) is 0 Å². The molecule has 1 aromatic heterocycles. The summed E-state index contributed by atoms with van der Waals surface area (Å²) in [5.41, 5.74) is 2.23. The molecule has 2 heterocycles. The number of hydrogen-bond donors (Lipinski definition) is 0. The van der Waals surface area contributed by atoms with E-state index in [-0.39, 0.29) is 11.9 Å². The van der Waals surface area contributed by atoms with Crippen LogP contribution in [0, 0.1) is 6.92 Å². The third-order valence-electron chi connectivity index (χ3n) is 4.54. The molecule has 0 N–H and O–H groups in total. The lowest BCUT2D eigenvalue weighted by molar-refractivity contribution is -0.136. The average molecular weight is 391 g/mol. The minimum absolute atomic E-state index is 0.143. The number of carbonyl (C=O) groups is 1. The van der Waals surface area contributed by atoms with Gasteiger partial charge < -0.3 is 4.90 Å². The maximum absolute atomic E-state index is 12.7. The molecule has 0 saturated carbocycles. The van der Waals surface area contributed by atoms with Gasteiger partial charge in [-0.25, -0.2) is 0 Å². The van der Waals surface area contributed by atoms with Crippen LogP contribution >= 0.6 is 15.9 Å². The van der Waals surface area contributed by atoms with Gasteiger partial charge in [0.2, 0.25) is 5.91 Å². The number of benzene rings is 1. The Kier molecular flexibility index (Phi) is 5.36. The highest BCUT2D eigenvalue weighted by molar-refractivity contribution is 9.10. The number of piperazine rings is 1. The van der Waals surface area contributed by atoms with E-state index in [0.717, 1.165) is 42.9 Å². The Labute approximate surface area is 151 Å². The second-order valence-corrected chi connectivity index (χ2v) is 7.16. The summed E-state index contributed by atoms with van der Waals surface area (Å²) in [5.74, 6) is 0.143. The van der Waals surface area contributed by atoms with Crippen LogP contribution in [0.4, 0.5) is 0 Å². The molecule has 1 saturated heterocycles. The molecule has 24 heavy (non-hydrogen) atoms. The fraction of sp³-hybridized carbons (Fsp3) is 0.444. The van der Waals surface area contributed by atoms with E-state index in [1.165, 1.54) is 5.56 Å². The Morgan fingerprint density at radius 3 is 2.46 bits per heavy atom. The lowest BCUT2D eigenvalue weighted by Crippen LogP contribution is -2.49. The number of carbonyl (C=O) groups excluding carboxylic acids is 1. The number of rotatable bonds is 4. The van der Waals surface area contributed by atoms with Crippen molar-refractivity contribution in [3.05, 3.63) is 52.3 Å². The van der Waals surface area contributed by atoms with Crippen LogP contribution < -0.4 is 0 Å². The molecular formula is C18H23BrN4O. The molecule has 1 aliphatic rings. The van der Waals surface area contributed by atoms with Crippen LogP contribution in [-0.4, -0.2) is 51.7 Å². The molecule has 1 atom stereocenters. The second-order valence-electron chi connectivity index (χ2n) is 6.31. The van der Waals surface area contributed by atoms with Gasteiger partial charge in [-0.3, -0.25) is 14.4 Å². The number of amides is 1. The predicted molar refractivity (Wildman–Crippen MR) is 97.7 cm³/mol. The van der Waals surface area contributed by atoms with Crippen molar-refractivity contribution in [3.8, 4) is 0 Å². The van der Waals surface area contributed by atoms with Crippen molar-refractivity contribution in [2.45, 2.75) is 26.4 Å². The first-order chi connectivity index (χ1) is 11.5. The van der Waals surface area contributed by atoms with Gasteiger partial charge in [-0.15, -0.1) is 0 Å². The zero-order valence-electron chi connectivity index (χ0n) is 14.2. The van der Waals surface area contributed by atoms with Gasteiger partial charge in [0, 0.05) is 38.9 Å². The van der Waals surface area contributed by atoms with Crippen molar-refractivity contribution in [3.63, 3.8) is 0 Å². The SMILES string of the molecule is Cc1nn(C(C)C(=O)N2CCN(Cc3ccccc3)CC2)cc1Br. The standard InChI is InChI=1S/C18H23BrN4O/c1-14-17(19)13-23(20-14)15(2)18(24)22-10-8-21(9-11-22)12-16-6-4-3-5-7-16/h3-7,13,15H,8-12H2,1-2H3. The van der Waals surface area contributed by atoms with Crippen LogP contribution in [0.1, 0.15) is 24.2 Å². The van der Waals surface area contributed by atoms with E-state index >= 15 is 0 Å². The summed E-state index contributed by atoms with van der Waals surface area (Å²) in [7, 11) is 0. The number of nitrogens with zero attached hydrogens (tertiary/aromatic N) is 4. The molecule has 1 aliphatic heterocycles. The van der Waals surface area contributed by atoms with Gasteiger partial charge in [-0.05, 0) is 35.3 Å².